The highest BCUT2D eigenvalue weighted by Crippen LogP contribution is 2.24. The van der Waals surface area contributed by atoms with Gasteiger partial charge in [-0.1, -0.05) is 65.7 Å². The number of unbranched alkanes of at least 4 members (excludes halogenated alkanes) is 3. The van der Waals surface area contributed by atoms with E-state index in [1.165, 1.54) is 38.5 Å². The lowest BCUT2D eigenvalue weighted by atomic mass is 9.86. The van der Waals surface area contributed by atoms with Crippen molar-refractivity contribution in [3.8, 4) is 0 Å². The quantitative estimate of drug-likeness (QED) is 0.440. The van der Waals surface area contributed by atoms with E-state index in [-0.39, 0.29) is 6.04 Å². The molecule has 2 heteroatoms. The number of rotatable bonds is 11. The Balaban J connectivity index is 3.57. The van der Waals surface area contributed by atoms with Crippen molar-refractivity contribution in [3.05, 3.63) is 0 Å². The molecule has 0 spiro atoms. The Labute approximate surface area is 107 Å². The van der Waals surface area contributed by atoms with Crippen LogP contribution in [0.15, 0.2) is 0 Å². The van der Waals surface area contributed by atoms with Crippen molar-refractivity contribution in [2.75, 3.05) is 0 Å². The maximum absolute atomic E-state index is 10.4. The number of hydrogen-bond acceptors (Lipinski definition) is 2. The zero-order chi connectivity index (χ0) is 13.1. The molecule has 1 unspecified atom stereocenters. The van der Waals surface area contributed by atoms with Crippen LogP contribution in [0.2, 0.25) is 0 Å². The molecule has 2 atom stereocenters. The summed E-state index contributed by atoms with van der Waals surface area (Å²) in [7, 11) is 0. The molecule has 0 aromatic carbocycles. The van der Waals surface area contributed by atoms with Gasteiger partial charge in [-0.05, 0) is 18.3 Å². The average molecular weight is 241 g/mol. The molecule has 0 saturated heterocycles. The first-order chi connectivity index (χ1) is 8.11. The van der Waals surface area contributed by atoms with Crippen LogP contribution in [0, 0.1) is 11.8 Å². The van der Waals surface area contributed by atoms with E-state index in [1.54, 1.807) is 0 Å². The molecule has 0 fully saturated rings. The molecule has 2 nitrogen and oxygen atoms in total. The van der Waals surface area contributed by atoms with Gasteiger partial charge in [0.05, 0.1) is 6.04 Å². The molecule has 0 bridgehead atoms. The Morgan fingerprint density at radius 2 is 1.59 bits per heavy atom. The number of aldehydes is 1. The predicted octanol–water partition coefficient (Wildman–Crippen LogP) is 3.93. The number of carbonyl (C=O) groups excluding carboxylic acids is 1. The van der Waals surface area contributed by atoms with E-state index in [1.807, 2.05) is 0 Å². The third-order valence-electron chi connectivity index (χ3n) is 3.66. The van der Waals surface area contributed by atoms with Gasteiger partial charge >= 0.3 is 0 Å². The van der Waals surface area contributed by atoms with Crippen molar-refractivity contribution in [3.63, 3.8) is 0 Å². The maximum atomic E-state index is 10.4. The van der Waals surface area contributed by atoms with Gasteiger partial charge < -0.3 is 10.5 Å². The van der Waals surface area contributed by atoms with E-state index in [0.29, 0.717) is 0 Å². The molecule has 2 N–H and O–H groups in total. The van der Waals surface area contributed by atoms with Gasteiger partial charge in [-0.2, -0.15) is 0 Å². The van der Waals surface area contributed by atoms with Crippen molar-refractivity contribution >= 4 is 6.29 Å². The second kappa shape index (κ2) is 10.8. The highest BCUT2D eigenvalue weighted by Gasteiger charge is 2.12. The van der Waals surface area contributed by atoms with Crippen molar-refractivity contribution in [2.24, 2.45) is 17.6 Å². The molecular formula is C15H31NO. The van der Waals surface area contributed by atoms with E-state index in [0.717, 1.165) is 31.0 Å². The summed E-state index contributed by atoms with van der Waals surface area (Å²) < 4.78 is 0. The standard InChI is InChI=1S/C15H31NO/c1-4-5-9-14(13(2)3)10-7-6-8-11-15(16)12-17/h12-15H,4-11,16H2,1-3H3/t14-,15?/m1/s1. The third-order valence-corrected chi connectivity index (χ3v) is 3.66. The first-order valence-corrected chi connectivity index (χ1v) is 7.32. The summed E-state index contributed by atoms with van der Waals surface area (Å²) in [4.78, 5) is 10.4. The molecule has 0 radical (unpaired) electrons. The second-order valence-corrected chi connectivity index (χ2v) is 5.58. The first-order valence-electron chi connectivity index (χ1n) is 7.32. The second-order valence-electron chi connectivity index (χ2n) is 5.58. The molecule has 0 aliphatic heterocycles. The normalized spacial score (nSPS) is 14.9. The molecule has 17 heavy (non-hydrogen) atoms. The molecule has 0 amide bonds. The van der Waals surface area contributed by atoms with Crippen LogP contribution in [-0.2, 0) is 4.79 Å². The SMILES string of the molecule is CCCC[C@H](CCCCCC(N)C=O)C(C)C. The van der Waals surface area contributed by atoms with Gasteiger partial charge in [-0.15, -0.1) is 0 Å². The fourth-order valence-corrected chi connectivity index (χ4v) is 2.31. The topological polar surface area (TPSA) is 43.1 Å². The maximum Gasteiger partial charge on any atom is 0.136 e. The Morgan fingerprint density at radius 3 is 2.12 bits per heavy atom. The van der Waals surface area contributed by atoms with Gasteiger partial charge in [-0.25, -0.2) is 0 Å². The summed E-state index contributed by atoms with van der Waals surface area (Å²) in [6.45, 7) is 6.93. The highest BCUT2D eigenvalue weighted by molar-refractivity contribution is 5.56. The van der Waals surface area contributed by atoms with Crippen LogP contribution in [0.5, 0.6) is 0 Å². The minimum atomic E-state index is -0.240. The van der Waals surface area contributed by atoms with Crippen LogP contribution in [0.1, 0.15) is 72.1 Å². The Kier molecular flexibility index (Phi) is 10.5. The van der Waals surface area contributed by atoms with Gasteiger partial charge in [0.25, 0.3) is 0 Å². The monoisotopic (exact) mass is 241 g/mol. The first kappa shape index (κ1) is 16.6. The molecule has 0 aromatic rings. The summed E-state index contributed by atoms with van der Waals surface area (Å²) in [5.41, 5.74) is 5.56. The summed E-state index contributed by atoms with van der Waals surface area (Å²) in [6, 6.07) is -0.240. The van der Waals surface area contributed by atoms with Crippen LogP contribution >= 0.6 is 0 Å². The Morgan fingerprint density at radius 1 is 1.00 bits per heavy atom. The largest absolute Gasteiger partial charge is 0.322 e. The van der Waals surface area contributed by atoms with Crippen molar-refractivity contribution in [1.29, 1.82) is 0 Å². The fourth-order valence-electron chi connectivity index (χ4n) is 2.31. The molecule has 102 valence electrons. The van der Waals surface area contributed by atoms with Crippen LogP contribution < -0.4 is 5.73 Å². The molecule has 0 aromatic heterocycles. The van der Waals surface area contributed by atoms with E-state index in [4.69, 9.17) is 5.73 Å². The Bertz CT molecular complexity index is 180. The van der Waals surface area contributed by atoms with E-state index in [2.05, 4.69) is 20.8 Å². The van der Waals surface area contributed by atoms with Gasteiger partial charge in [-0.3, -0.25) is 0 Å². The smallest absolute Gasteiger partial charge is 0.136 e. The summed E-state index contributed by atoms with van der Waals surface area (Å²) in [6.07, 6.45) is 10.7. The minimum absolute atomic E-state index is 0.240. The summed E-state index contributed by atoms with van der Waals surface area (Å²) in [5, 5.41) is 0. The van der Waals surface area contributed by atoms with E-state index < -0.39 is 0 Å². The summed E-state index contributed by atoms with van der Waals surface area (Å²) in [5.74, 6) is 1.69. The van der Waals surface area contributed by atoms with Crippen LogP contribution in [0.25, 0.3) is 0 Å². The zero-order valence-corrected chi connectivity index (χ0v) is 12.0. The lowest BCUT2D eigenvalue weighted by molar-refractivity contribution is -0.109. The van der Waals surface area contributed by atoms with Crippen LogP contribution in [0.4, 0.5) is 0 Å². The molecule has 0 rings (SSSR count). The van der Waals surface area contributed by atoms with Crippen LogP contribution in [-0.4, -0.2) is 12.3 Å². The average Bonchev–Trinajstić information content (AvgIpc) is 2.31. The third kappa shape index (κ3) is 9.34. The number of nitrogens with two attached hydrogens (primary N) is 1. The van der Waals surface area contributed by atoms with Crippen molar-refractivity contribution < 1.29 is 4.79 Å². The van der Waals surface area contributed by atoms with Gasteiger partial charge in [0, 0.05) is 0 Å². The Hall–Kier alpha value is -0.370. The fraction of sp³-hybridized carbons (Fsp3) is 0.933. The van der Waals surface area contributed by atoms with Gasteiger partial charge in [0.2, 0.25) is 0 Å². The van der Waals surface area contributed by atoms with E-state index >= 15 is 0 Å². The molecule has 0 heterocycles. The van der Waals surface area contributed by atoms with Gasteiger partial charge in [0.15, 0.2) is 0 Å². The molecule has 0 saturated carbocycles. The van der Waals surface area contributed by atoms with E-state index in [9.17, 15) is 4.79 Å². The predicted molar refractivity (Wildman–Crippen MR) is 75.0 cm³/mol. The van der Waals surface area contributed by atoms with Crippen molar-refractivity contribution in [1.82, 2.24) is 0 Å². The number of carbonyl (C=O) groups is 1. The lowest BCUT2D eigenvalue weighted by Crippen LogP contribution is -2.20. The molecular weight excluding hydrogens is 210 g/mol. The lowest BCUT2D eigenvalue weighted by Gasteiger charge is -2.20. The highest BCUT2D eigenvalue weighted by atomic mass is 16.1. The van der Waals surface area contributed by atoms with Gasteiger partial charge in [0.1, 0.15) is 6.29 Å². The minimum Gasteiger partial charge on any atom is -0.322 e. The van der Waals surface area contributed by atoms with Crippen molar-refractivity contribution in [2.45, 2.75) is 78.2 Å². The molecule has 0 aliphatic rings. The van der Waals surface area contributed by atoms with Crippen LogP contribution in [0.3, 0.4) is 0 Å². The zero-order valence-electron chi connectivity index (χ0n) is 12.0. The summed E-state index contributed by atoms with van der Waals surface area (Å²) >= 11 is 0. The molecule has 0 aliphatic carbocycles. The number of hydrogen-bond donors (Lipinski definition) is 1.